The first kappa shape index (κ1) is 12.0. The SMILES string of the molecule is Clc1cccc(Oc2nn3nnnc3c3ccccc23)c1. The first-order valence-electron chi connectivity index (χ1n) is 6.22. The second-order valence-corrected chi connectivity index (χ2v) is 4.84. The molecule has 102 valence electrons. The zero-order valence-corrected chi connectivity index (χ0v) is 11.4. The molecule has 0 N–H and O–H groups in total. The second kappa shape index (κ2) is 4.68. The van der Waals surface area contributed by atoms with Gasteiger partial charge in [-0.15, -0.1) is 14.8 Å². The van der Waals surface area contributed by atoms with Gasteiger partial charge in [-0.3, -0.25) is 0 Å². The lowest BCUT2D eigenvalue weighted by Crippen LogP contribution is -1.99. The van der Waals surface area contributed by atoms with Gasteiger partial charge in [0.05, 0.1) is 0 Å². The third kappa shape index (κ3) is 2.05. The van der Waals surface area contributed by atoms with E-state index in [2.05, 4.69) is 20.6 Å². The van der Waals surface area contributed by atoms with Crippen molar-refractivity contribution in [2.75, 3.05) is 0 Å². The van der Waals surface area contributed by atoms with Gasteiger partial charge in [-0.05, 0) is 34.7 Å². The zero-order valence-electron chi connectivity index (χ0n) is 10.6. The van der Waals surface area contributed by atoms with Crippen LogP contribution in [0.2, 0.25) is 5.02 Å². The molecule has 2 heterocycles. The Morgan fingerprint density at radius 1 is 1.00 bits per heavy atom. The number of fused-ring (bicyclic) bond motifs is 3. The van der Waals surface area contributed by atoms with Crippen LogP contribution in [-0.2, 0) is 0 Å². The standard InChI is InChI=1S/C14H8ClN5O/c15-9-4-3-5-10(8-9)21-14-12-7-2-1-6-11(12)13-16-18-19-20(13)17-14/h1-8H. The van der Waals surface area contributed by atoms with Gasteiger partial charge in [0.2, 0.25) is 11.5 Å². The molecular weight excluding hydrogens is 290 g/mol. The molecule has 0 radical (unpaired) electrons. The molecule has 0 amide bonds. The number of rotatable bonds is 2. The van der Waals surface area contributed by atoms with Crippen LogP contribution in [0, 0.1) is 0 Å². The van der Waals surface area contributed by atoms with E-state index in [9.17, 15) is 0 Å². The number of hydrogen-bond donors (Lipinski definition) is 0. The van der Waals surface area contributed by atoms with Gasteiger partial charge in [-0.2, -0.15) is 0 Å². The topological polar surface area (TPSA) is 65.2 Å². The third-order valence-corrected chi connectivity index (χ3v) is 3.28. The van der Waals surface area contributed by atoms with Gasteiger partial charge in [0, 0.05) is 15.8 Å². The van der Waals surface area contributed by atoms with Crippen LogP contribution in [-0.4, -0.2) is 25.3 Å². The fourth-order valence-corrected chi connectivity index (χ4v) is 2.31. The van der Waals surface area contributed by atoms with Crippen LogP contribution in [0.25, 0.3) is 16.4 Å². The summed E-state index contributed by atoms with van der Waals surface area (Å²) in [6.07, 6.45) is 0. The lowest BCUT2D eigenvalue weighted by atomic mass is 10.2. The molecule has 0 aliphatic heterocycles. The van der Waals surface area contributed by atoms with Crippen molar-refractivity contribution >= 4 is 28.0 Å². The first-order valence-corrected chi connectivity index (χ1v) is 6.59. The quantitative estimate of drug-likeness (QED) is 0.569. The molecule has 0 saturated heterocycles. The molecule has 21 heavy (non-hydrogen) atoms. The van der Waals surface area contributed by atoms with Crippen LogP contribution in [0.1, 0.15) is 0 Å². The number of nitrogens with zero attached hydrogens (tertiary/aromatic N) is 5. The van der Waals surface area contributed by atoms with Crippen molar-refractivity contribution in [3.05, 3.63) is 53.6 Å². The van der Waals surface area contributed by atoms with Gasteiger partial charge in [0.25, 0.3) is 0 Å². The van der Waals surface area contributed by atoms with Crippen molar-refractivity contribution in [3.63, 3.8) is 0 Å². The zero-order chi connectivity index (χ0) is 14.2. The third-order valence-electron chi connectivity index (χ3n) is 3.05. The minimum Gasteiger partial charge on any atom is -0.437 e. The minimum absolute atomic E-state index is 0.424. The first-order chi connectivity index (χ1) is 10.3. The summed E-state index contributed by atoms with van der Waals surface area (Å²) >= 11 is 5.97. The van der Waals surface area contributed by atoms with Crippen LogP contribution < -0.4 is 4.74 Å². The molecule has 6 nitrogen and oxygen atoms in total. The smallest absolute Gasteiger partial charge is 0.247 e. The Hall–Kier alpha value is -2.73. The number of halogens is 1. The molecule has 0 spiro atoms. The minimum atomic E-state index is 0.424. The fraction of sp³-hybridized carbons (Fsp3) is 0. The van der Waals surface area contributed by atoms with Crippen molar-refractivity contribution in [1.29, 1.82) is 0 Å². The van der Waals surface area contributed by atoms with Crippen LogP contribution in [0.3, 0.4) is 0 Å². The molecule has 4 rings (SSSR count). The summed E-state index contributed by atoms with van der Waals surface area (Å²) in [6, 6.07) is 14.8. The molecule has 0 aliphatic carbocycles. The van der Waals surface area contributed by atoms with Crippen LogP contribution in [0.4, 0.5) is 0 Å². The van der Waals surface area contributed by atoms with Gasteiger partial charge in [-0.25, -0.2) is 0 Å². The van der Waals surface area contributed by atoms with Crippen LogP contribution >= 0.6 is 11.6 Å². The lowest BCUT2D eigenvalue weighted by Gasteiger charge is -2.08. The Morgan fingerprint density at radius 2 is 1.86 bits per heavy atom. The molecule has 0 bridgehead atoms. The van der Waals surface area contributed by atoms with E-state index < -0.39 is 0 Å². The van der Waals surface area contributed by atoms with E-state index in [1.165, 1.54) is 4.63 Å². The maximum absolute atomic E-state index is 5.97. The Morgan fingerprint density at radius 3 is 2.71 bits per heavy atom. The summed E-state index contributed by atoms with van der Waals surface area (Å²) in [5, 5.41) is 18.0. The molecule has 0 aliphatic rings. The normalized spacial score (nSPS) is 11.1. The highest BCUT2D eigenvalue weighted by Crippen LogP contribution is 2.30. The number of aromatic nitrogens is 5. The Labute approximate surface area is 123 Å². The highest BCUT2D eigenvalue weighted by molar-refractivity contribution is 6.30. The van der Waals surface area contributed by atoms with E-state index in [0.29, 0.717) is 22.3 Å². The highest BCUT2D eigenvalue weighted by Gasteiger charge is 2.12. The van der Waals surface area contributed by atoms with Gasteiger partial charge in [0.15, 0.2) is 0 Å². The maximum atomic E-state index is 5.97. The molecule has 2 aromatic carbocycles. The Kier molecular flexibility index (Phi) is 2.68. The van der Waals surface area contributed by atoms with E-state index in [1.54, 1.807) is 12.1 Å². The second-order valence-electron chi connectivity index (χ2n) is 4.40. The Balaban J connectivity index is 1.93. The van der Waals surface area contributed by atoms with Crippen molar-refractivity contribution < 1.29 is 4.74 Å². The van der Waals surface area contributed by atoms with E-state index in [0.717, 1.165) is 10.8 Å². The summed E-state index contributed by atoms with van der Waals surface area (Å²) in [5.74, 6) is 1.03. The summed E-state index contributed by atoms with van der Waals surface area (Å²) < 4.78 is 7.19. The number of tetrazole rings is 1. The fourth-order valence-electron chi connectivity index (χ4n) is 2.13. The largest absolute Gasteiger partial charge is 0.437 e. The van der Waals surface area contributed by atoms with E-state index in [1.807, 2.05) is 36.4 Å². The van der Waals surface area contributed by atoms with Gasteiger partial charge >= 0.3 is 0 Å². The average molecular weight is 298 g/mol. The molecule has 0 unspecified atom stereocenters. The highest BCUT2D eigenvalue weighted by atomic mass is 35.5. The molecule has 0 fully saturated rings. The van der Waals surface area contributed by atoms with Crippen molar-refractivity contribution in [2.45, 2.75) is 0 Å². The van der Waals surface area contributed by atoms with Crippen molar-refractivity contribution in [3.8, 4) is 11.6 Å². The summed E-state index contributed by atoms with van der Waals surface area (Å²) in [4.78, 5) is 0. The summed E-state index contributed by atoms with van der Waals surface area (Å²) in [7, 11) is 0. The number of hydrogen-bond acceptors (Lipinski definition) is 5. The molecule has 4 aromatic rings. The molecule has 2 aromatic heterocycles. The molecular formula is C14H8ClN5O. The van der Waals surface area contributed by atoms with Gasteiger partial charge < -0.3 is 4.74 Å². The van der Waals surface area contributed by atoms with Crippen LogP contribution in [0.5, 0.6) is 11.6 Å². The maximum Gasteiger partial charge on any atom is 0.247 e. The van der Waals surface area contributed by atoms with Gasteiger partial charge in [-0.1, -0.05) is 35.9 Å². The summed E-state index contributed by atoms with van der Waals surface area (Å²) in [6.45, 7) is 0. The predicted octanol–water partition coefficient (Wildman–Crippen LogP) is 3.12. The predicted molar refractivity (Wildman–Crippen MR) is 77.6 cm³/mol. The van der Waals surface area contributed by atoms with Gasteiger partial charge in [0.1, 0.15) is 5.75 Å². The van der Waals surface area contributed by atoms with E-state index in [-0.39, 0.29) is 0 Å². The Bertz CT molecular complexity index is 952. The monoisotopic (exact) mass is 297 g/mol. The van der Waals surface area contributed by atoms with E-state index >= 15 is 0 Å². The average Bonchev–Trinajstić information content (AvgIpc) is 2.96. The van der Waals surface area contributed by atoms with E-state index in [4.69, 9.17) is 16.3 Å². The molecule has 7 heteroatoms. The molecule has 0 atom stereocenters. The number of ether oxygens (including phenoxy) is 1. The molecule has 0 saturated carbocycles. The lowest BCUT2D eigenvalue weighted by molar-refractivity contribution is 0.454. The number of benzene rings is 2. The van der Waals surface area contributed by atoms with Crippen LogP contribution in [0.15, 0.2) is 48.5 Å². The van der Waals surface area contributed by atoms with Crippen molar-refractivity contribution in [1.82, 2.24) is 25.3 Å². The van der Waals surface area contributed by atoms with Crippen molar-refractivity contribution in [2.24, 2.45) is 0 Å². The summed E-state index contributed by atoms with van der Waals surface area (Å²) in [5.41, 5.74) is 0.587.